The molecule has 1 aliphatic heterocycles. The smallest absolute Gasteiger partial charge is 0.302 e. The van der Waals surface area contributed by atoms with Crippen LogP contribution in [-0.2, 0) is 20.7 Å². The Balaban J connectivity index is 1.48. The van der Waals surface area contributed by atoms with E-state index >= 15 is 0 Å². The summed E-state index contributed by atoms with van der Waals surface area (Å²) in [7, 11) is 0. The number of carbonyl (C=O) groups is 1. The van der Waals surface area contributed by atoms with Gasteiger partial charge in [0.05, 0.1) is 6.61 Å². The van der Waals surface area contributed by atoms with Crippen LogP contribution in [0.25, 0.3) is 0 Å². The third kappa shape index (κ3) is 5.27. The van der Waals surface area contributed by atoms with Crippen LogP contribution >= 0.6 is 11.6 Å². The molecule has 9 heteroatoms. The van der Waals surface area contributed by atoms with Crippen molar-refractivity contribution in [2.24, 2.45) is 0 Å². The van der Waals surface area contributed by atoms with Crippen LogP contribution < -0.4 is 4.74 Å². The fourth-order valence-corrected chi connectivity index (χ4v) is 2.49. The number of aromatic nitrogens is 4. The largest absolute Gasteiger partial charge is 0.493 e. The van der Waals surface area contributed by atoms with Gasteiger partial charge in [-0.1, -0.05) is 23.8 Å². The van der Waals surface area contributed by atoms with Gasteiger partial charge >= 0.3 is 5.97 Å². The molecule has 0 saturated heterocycles. The molecule has 2 aromatic rings. The molecule has 138 valence electrons. The average molecular weight is 379 g/mol. The molecule has 2 heterocycles. The number of rotatable bonds is 7. The predicted molar refractivity (Wildman–Crippen MR) is 92.8 cm³/mol. The highest BCUT2D eigenvalue weighted by Crippen LogP contribution is 2.20. The first-order valence-corrected chi connectivity index (χ1v) is 8.60. The van der Waals surface area contributed by atoms with E-state index in [1.54, 1.807) is 24.3 Å². The Morgan fingerprint density at radius 3 is 2.96 bits per heavy atom. The van der Waals surface area contributed by atoms with E-state index in [4.69, 9.17) is 25.8 Å². The van der Waals surface area contributed by atoms with E-state index in [1.165, 1.54) is 11.7 Å². The zero-order chi connectivity index (χ0) is 18.4. The van der Waals surface area contributed by atoms with E-state index in [9.17, 15) is 4.79 Å². The topological polar surface area (TPSA) is 88.4 Å². The van der Waals surface area contributed by atoms with Crippen LogP contribution in [0.4, 0.5) is 0 Å². The fourth-order valence-electron chi connectivity index (χ4n) is 2.36. The van der Waals surface area contributed by atoms with Crippen molar-refractivity contribution in [1.29, 1.82) is 0 Å². The zero-order valence-electron chi connectivity index (χ0n) is 14.2. The summed E-state index contributed by atoms with van der Waals surface area (Å²) in [6.07, 6.45) is 4.25. The third-order valence-electron chi connectivity index (χ3n) is 3.61. The minimum atomic E-state index is -0.376. The second-order valence-electron chi connectivity index (χ2n) is 5.67. The molecule has 3 rings (SSSR count). The van der Waals surface area contributed by atoms with Gasteiger partial charge in [0.2, 0.25) is 0 Å². The molecule has 1 aromatic carbocycles. The lowest BCUT2D eigenvalue weighted by atomic mass is 10.2. The summed E-state index contributed by atoms with van der Waals surface area (Å²) in [5, 5.41) is 13.1. The quantitative estimate of drug-likeness (QED) is 0.539. The molecule has 2 atom stereocenters. The minimum Gasteiger partial charge on any atom is -0.493 e. The minimum absolute atomic E-state index is 0.165. The molecule has 26 heavy (non-hydrogen) atoms. The van der Waals surface area contributed by atoms with Crippen LogP contribution in [0.3, 0.4) is 0 Å². The number of ether oxygens (including phenoxy) is 3. The maximum Gasteiger partial charge on any atom is 0.302 e. The second-order valence-corrected chi connectivity index (χ2v) is 6.11. The molecular formula is C17H19ClN4O4. The van der Waals surface area contributed by atoms with Gasteiger partial charge in [0.1, 0.15) is 18.5 Å². The van der Waals surface area contributed by atoms with Gasteiger partial charge in [0, 0.05) is 24.8 Å². The molecule has 1 aromatic heterocycles. The van der Waals surface area contributed by atoms with E-state index in [0.717, 1.165) is 5.75 Å². The SMILES string of the molecule is CC(=O)OCC1C=CCC(n2nnc(CCOc3ccc(Cl)cc3)n2)O1. The van der Waals surface area contributed by atoms with E-state index < -0.39 is 0 Å². The van der Waals surface area contributed by atoms with E-state index in [0.29, 0.717) is 30.3 Å². The van der Waals surface area contributed by atoms with Crippen molar-refractivity contribution in [2.75, 3.05) is 13.2 Å². The molecule has 0 radical (unpaired) electrons. The van der Waals surface area contributed by atoms with Crippen LogP contribution in [-0.4, -0.2) is 45.5 Å². The van der Waals surface area contributed by atoms with Crippen molar-refractivity contribution in [3.8, 4) is 5.75 Å². The number of halogens is 1. The van der Waals surface area contributed by atoms with E-state index in [1.807, 2.05) is 12.2 Å². The lowest BCUT2D eigenvalue weighted by molar-refractivity contribution is -0.148. The van der Waals surface area contributed by atoms with Crippen LogP contribution in [0.15, 0.2) is 36.4 Å². The van der Waals surface area contributed by atoms with Crippen molar-refractivity contribution in [3.63, 3.8) is 0 Å². The van der Waals surface area contributed by atoms with Crippen molar-refractivity contribution < 1.29 is 19.0 Å². The molecule has 0 fully saturated rings. The number of tetrazole rings is 1. The van der Waals surface area contributed by atoms with Crippen molar-refractivity contribution in [1.82, 2.24) is 20.2 Å². The number of carbonyl (C=O) groups excluding carboxylic acids is 1. The van der Waals surface area contributed by atoms with Crippen molar-refractivity contribution in [2.45, 2.75) is 32.1 Å². The molecule has 2 unspecified atom stereocenters. The first kappa shape index (κ1) is 18.3. The number of benzene rings is 1. The van der Waals surface area contributed by atoms with Gasteiger partial charge in [-0.2, -0.15) is 0 Å². The predicted octanol–water partition coefficient (Wildman–Crippen LogP) is 2.35. The van der Waals surface area contributed by atoms with Crippen LogP contribution in [0.5, 0.6) is 5.75 Å². The van der Waals surface area contributed by atoms with Crippen molar-refractivity contribution in [3.05, 3.63) is 47.3 Å². The van der Waals surface area contributed by atoms with Crippen LogP contribution in [0.1, 0.15) is 25.4 Å². The highest BCUT2D eigenvalue weighted by atomic mass is 35.5. The zero-order valence-corrected chi connectivity index (χ0v) is 15.0. The maximum atomic E-state index is 10.9. The molecule has 0 amide bonds. The Bertz CT molecular complexity index is 762. The van der Waals surface area contributed by atoms with Gasteiger partial charge in [-0.3, -0.25) is 4.79 Å². The number of hydrogen-bond acceptors (Lipinski definition) is 7. The molecule has 0 saturated carbocycles. The molecular weight excluding hydrogens is 360 g/mol. The number of hydrogen-bond donors (Lipinski definition) is 0. The Morgan fingerprint density at radius 1 is 1.38 bits per heavy atom. The monoisotopic (exact) mass is 378 g/mol. The summed E-state index contributed by atoms with van der Waals surface area (Å²) >= 11 is 5.84. The number of nitrogens with zero attached hydrogens (tertiary/aromatic N) is 4. The number of esters is 1. The van der Waals surface area contributed by atoms with Crippen LogP contribution in [0, 0.1) is 0 Å². The normalized spacial score (nSPS) is 19.3. The van der Waals surface area contributed by atoms with E-state index in [2.05, 4.69) is 15.4 Å². The molecule has 8 nitrogen and oxygen atoms in total. The summed E-state index contributed by atoms with van der Waals surface area (Å²) in [4.78, 5) is 12.3. The standard InChI is InChI=1S/C17H19ClN4O4/c1-12(23)25-11-15-3-2-4-17(26-15)22-20-16(19-21-22)9-10-24-14-7-5-13(18)6-8-14/h2-3,5-8,15,17H,4,9-11H2,1H3. The summed E-state index contributed by atoms with van der Waals surface area (Å²) in [5.74, 6) is 0.954. The Kier molecular flexibility index (Phi) is 6.19. The summed E-state index contributed by atoms with van der Waals surface area (Å²) in [5.41, 5.74) is 0. The summed E-state index contributed by atoms with van der Waals surface area (Å²) in [6, 6.07) is 7.15. The Labute approximate surface area is 155 Å². The Hall–Kier alpha value is -2.45. The van der Waals surface area contributed by atoms with E-state index in [-0.39, 0.29) is 24.9 Å². The maximum absolute atomic E-state index is 10.9. The van der Waals surface area contributed by atoms with Gasteiger partial charge in [0.15, 0.2) is 12.1 Å². The molecule has 0 bridgehead atoms. The van der Waals surface area contributed by atoms with Gasteiger partial charge in [0.25, 0.3) is 0 Å². The second kappa shape index (κ2) is 8.77. The average Bonchev–Trinajstić information content (AvgIpc) is 3.11. The third-order valence-corrected chi connectivity index (χ3v) is 3.86. The van der Waals surface area contributed by atoms with Crippen LogP contribution in [0.2, 0.25) is 5.02 Å². The van der Waals surface area contributed by atoms with Gasteiger partial charge in [-0.05, 0) is 29.5 Å². The van der Waals surface area contributed by atoms with Gasteiger partial charge < -0.3 is 14.2 Å². The lowest BCUT2D eigenvalue weighted by Crippen LogP contribution is -2.28. The highest BCUT2D eigenvalue weighted by Gasteiger charge is 2.22. The molecule has 0 spiro atoms. The van der Waals surface area contributed by atoms with Gasteiger partial charge in [-0.15, -0.1) is 15.0 Å². The summed E-state index contributed by atoms with van der Waals surface area (Å²) < 4.78 is 16.4. The first-order chi connectivity index (χ1) is 12.6. The molecule has 0 N–H and O–H groups in total. The molecule has 1 aliphatic rings. The Morgan fingerprint density at radius 2 is 2.19 bits per heavy atom. The summed E-state index contributed by atoms with van der Waals surface area (Å²) in [6.45, 7) is 1.95. The highest BCUT2D eigenvalue weighted by molar-refractivity contribution is 6.30. The molecule has 0 aliphatic carbocycles. The lowest BCUT2D eigenvalue weighted by Gasteiger charge is -2.24. The first-order valence-electron chi connectivity index (χ1n) is 8.22. The van der Waals surface area contributed by atoms with Gasteiger partial charge in [-0.25, -0.2) is 0 Å². The van der Waals surface area contributed by atoms with Crippen molar-refractivity contribution >= 4 is 17.6 Å². The fraction of sp³-hybridized carbons (Fsp3) is 0.412.